The minimum absolute atomic E-state index is 0.110. The van der Waals surface area contributed by atoms with Gasteiger partial charge in [-0.15, -0.1) is 0 Å². The van der Waals surface area contributed by atoms with Crippen molar-refractivity contribution in [2.75, 3.05) is 40.3 Å². The molecule has 0 saturated carbocycles. The Hall–Kier alpha value is -2.11. The number of nitrogens with zero attached hydrogens (tertiary/aromatic N) is 4. The summed E-state index contributed by atoms with van der Waals surface area (Å²) in [6.07, 6.45) is 8.14. The number of pyridine rings is 1. The number of carbonyl (C=O) groups excluding carboxylic acids is 2. The van der Waals surface area contributed by atoms with Gasteiger partial charge in [0.25, 0.3) is 0 Å². The number of urea groups is 1. The third-order valence-corrected chi connectivity index (χ3v) is 5.73. The Morgan fingerprint density at radius 1 is 1.08 bits per heavy atom. The van der Waals surface area contributed by atoms with Gasteiger partial charge in [-0.25, -0.2) is 4.79 Å². The molecule has 2 aliphatic rings. The molecule has 2 fully saturated rings. The molecule has 2 aliphatic heterocycles. The second-order valence-corrected chi connectivity index (χ2v) is 7.58. The lowest BCUT2D eigenvalue weighted by Gasteiger charge is -2.47. The van der Waals surface area contributed by atoms with Crippen molar-refractivity contribution >= 4 is 11.9 Å². The Morgan fingerprint density at radius 2 is 1.68 bits per heavy atom. The van der Waals surface area contributed by atoms with Gasteiger partial charge in [-0.1, -0.05) is 6.07 Å². The molecule has 3 rings (SSSR count). The number of amides is 3. The lowest BCUT2D eigenvalue weighted by molar-refractivity contribution is -0.133. The lowest BCUT2D eigenvalue weighted by Crippen LogP contribution is -2.51. The minimum atomic E-state index is 0.110. The first kappa shape index (κ1) is 17.7. The molecule has 25 heavy (non-hydrogen) atoms. The highest BCUT2D eigenvalue weighted by Gasteiger charge is 2.39. The number of hydrogen-bond donors (Lipinski definition) is 0. The van der Waals surface area contributed by atoms with E-state index >= 15 is 0 Å². The zero-order valence-corrected chi connectivity index (χ0v) is 15.3. The van der Waals surface area contributed by atoms with Crippen LogP contribution in [0, 0.1) is 5.41 Å². The number of aromatic nitrogens is 1. The van der Waals surface area contributed by atoms with Crippen molar-refractivity contribution in [1.29, 1.82) is 0 Å². The van der Waals surface area contributed by atoms with Crippen LogP contribution >= 0.6 is 0 Å². The molecule has 2 saturated heterocycles. The highest BCUT2D eigenvalue weighted by molar-refractivity contribution is 5.78. The van der Waals surface area contributed by atoms with Crippen molar-refractivity contribution in [3.63, 3.8) is 0 Å². The third-order valence-electron chi connectivity index (χ3n) is 5.73. The molecule has 6 heteroatoms. The topological polar surface area (TPSA) is 56.8 Å². The SMILES string of the molecule is CN(C)C(=O)N1CCC2(CCN(C(=O)Cc3cccnc3)CC2)CC1. The Kier molecular flexibility index (Phi) is 5.25. The zero-order chi connectivity index (χ0) is 17.9. The Labute approximate surface area is 149 Å². The number of piperidine rings is 2. The van der Waals surface area contributed by atoms with Crippen molar-refractivity contribution in [1.82, 2.24) is 19.7 Å². The Morgan fingerprint density at radius 3 is 2.20 bits per heavy atom. The lowest BCUT2D eigenvalue weighted by atomic mass is 9.71. The van der Waals surface area contributed by atoms with Crippen molar-refractivity contribution in [3.8, 4) is 0 Å². The van der Waals surface area contributed by atoms with Gasteiger partial charge in [0.05, 0.1) is 6.42 Å². The fourth-order valence-electron chi connectivity index (χ4n) is 3.97. The summed E-state index contributed by atoms with van der Waals surface area (Å²) in [6.45, 7) is 3.34. The molecule has 0 aromatic carbocycles. The van der Waals surface area contributed by atoms with E-state index in [-0.39, 0.29) is 11.9 Å². The van der Waals surface area contributed by atoms with Gasteiger partial charge in [-0.2, -0.15) is 0 Å². The van der Waals surface area contributed by atoms with Crippen molar-refractivity contribution in [2.24, 2.45) is 5.41 Å². The summed E-state index contributed by atoms with van der Waals surface area (Å²) in [5, 5.41) is 0. The molecule has 3 heterocycles. The maximum atomic E-state index is 12.5. The summed E-state index contributed by atoms with van der Waals surface area (Å²) in [4.78, 5) is 34.2. The first-order chi connectivity index (χ1) is 12.0. The first-order valence-electron chi connectivity index (χ1n) is 9.12. The van der Waals surface area contributed by atoms with E-state index in [9.17, 15) is 9.59 Å². The maximum Gasteiger partial charge on any atom is 0.319 e. The van der Waals surface area contributed by atoms with E-state index in [0.29, 0.717) is 11.8 Å². The summed E-state index contributed by atoms with van der Waals surface area (Å²) >= 11 is 0. The normalized spacial score (nSPS) is 19.8. The summed E-state index contributed by atoms with van der Waals surface area (Å²) in [7, 11) is 3.61. The van der Waals surface area contributed by atoms with Crippen molar-refractivity contribution in [2.45, 2.75) is 32.1 Å². The van der Waals surface area contributed by atoms with Crippen LogP contribution in [0.1, 0.15) is 31.2 Å². The molecule has 0 aliphatic carbocycles. The van der Waals surface area contributed by atoms with Crippen LogP contribution in [0.15, 0.2) is 24.5 Å². The van der Waals surface area contributed by atoms with Gasteiger partial charge in [-0.3, -0.25) is 9.78 Å². The molecule has 0 radical (unpaired) electrons. The van der Waals surface area contributed by atoms with Gasteiger partial charge in [0.15, 0.2) is 0 Å². The van der Waals surface area contributed by atoms with Gasteiger partial charge in [0.1, 0.15) is 0 Å². The molecule has 1 aromatic heterocycles. The molecule has 0 unspecified atom stereocenters. The monoisotopic (exact) mass is 344 g/mol. The standard InChI is InChI=1S/C19H28N4O2/c1-21(2)18(25)23-12-7-19(8-13-23)5-10-22(11-6-19)17(24)14-16-4-3-9-20-15-16/h3-4,9,15H,5-8,10-14H2,1-2H3. The smallest absolute Gasteiger partial charge is 0.319 e. The molecule has 0 atom stereocenters. The molecule has 3 amide bonds. The molecule has 0 N–H and O–H groups in total. The number of hydrogen-bond acceptors (Lipinski definition) is 3. The number of rotatable bonds is 2. The van der Waals surface area contributed by atoms with Gasteiger partial charge < -0.3 is 14.7 Å². The second kappa shape index (κ2) is 7.42. The van der Waals surface area contributed by atoms with Crippen LogP contribution in [0.4, 0.5) is 4.79 Å². The van der Waals surface area contributed by atoms with E-state index in [2.05, 4.69) is 4.98 Å². The fourth-order valence-corrected chi connectivity index (χ4v) is 3.97. The van der Waals surface area contributed by atoms with E-state index in [4.69, 9.17) is 0 Å². The van der Waals surface area contributed by atoms with Gasteiger partial charge in [-0.05, 0) is 42.7 Å². The Balaban J connectivity index is 1.49. The zero-order valence-electron chi connectivity index (χ0n) is 15.3. The van der Waals surface area contributed by atoms with E-state index in [1.807, 2.05) is 21.9 Å². The van der Waals surface area contributed by atoms with Crippen LogP contribution < -0.4 is 0 Å². The van der Waals surface area contributed by atoms with Crippen LogP contribution in [-0.4, -0.2) is 71.9 Å². The summed E-state index contributed by atoms with van der Waals surface area (Å²) in [5.41, 5.74) is 1.29. The largest absolute Gasteiger partial charge is 0.342 e. The third kappa shape index (κ3) is 4.11. The van der Waals surface area contributed by atoms with Crippen LogP contribution in [0.2, 0.25) is 0 Å². The summed E-state index contributed by atoms with van der Waals surface area (Å²) < 4.78 is 0. The van der Waals surface area contributed by atoms with Gasteiger partial charge in [0.2, 0.25) is 5.91 Å². The Bertz CT molecular complexity index is 599. The van der Waals surface area contributed by atoms with E-state index in [1.54, 1.807) is 31.4 Å². The highest BCUT2D eigenvalue weighted by atomic mass is 16.2. The predicted octanol–water partition coefficient (Wildman–Crippen LogP) is 2.01. The van der Waals surface area contributed by atoms with E-state index in [0.717, 1.165) is 57.4 Å². The first-order valence-corrected chi connectivity index (χ1v) is 9.12. The quantitative estimate of drug-likeness (QED) is 0.825. The van der Waals surface area contributed by atoms with Crippen molar-refractivity contribution in [3.05, 3.63) is 30.1 Å². The molecule has 136 valence electrons. The molecule has 1 spiro atoms. The van der Waals surface area contributed by atoms with E-state index in [1.165, 1.54) is 0 Å². The van der Waals surface area contributed by atoms with Crippen LogP contribution in [-0.2, 0) is 11.2 Å². The highest BCUT2D eigenvalue weighted by Crippen LogP contribution is 2.41. The van der Waals surface area contributed by atoms with Gasteiger partial charge >= 0.3 is 6.03 Å². The van der Waals surface area contributed by atoms with Crippen LogP contribution in [0.25, 0.3) is 0 Å². The predicted molar refractivity (Wildman–Crippen MR) is 96.1 cm³/mol. The van der Waals surface area contributed by atoms with Crippen LogP contribution in [0.3, 0.4) is 0 Å². The fraction of sp³-hybridized carbons (Fsp3) is 0.632. The maximum absolute atomic E-state index is 12.5. The van der Waals surface area contributed by atoms with Gasteiger partial charge in [0, 0.05) is 52.7 Å². The van der Waals surface area contributed by atoms with Crippen LogP contribution in [0.5, 0.6) is 0 Å². The number of likely N-dealkylation sites (tertiary alicyclic amines) is 2. The average Bonchev–Trinajstić information content (AvgIpc) is 2.63. The minimum Gasteiger partial charge on any atom is -0.342 e. The average molecular weight is 344 g/mol. The van der Waals surface area contributed by atoms with E-state index < -0.39 is 0 Å². The summed E-state index contributed by atoms with van der Waals surface area (Å²) in [5.74, 6) is 0.197. The van der Waals surface area contributed by atoms with Crippen molar-refractivity contribution < 1.29 is 9.59 Å². The molecular formula is C19H28N4O2. The molecular weight excluding hydrogens is 316 g/mol. The second-order valence-electron chi connectivity index (χ2n) is 7.58. The molecule has 6 nitrogen and oxygen atoms in total. The molecule has 0 bridgehead atoms. The number of carbonyl (C=O) groups is 2. The summed E-state index contributed by atoms with van der Waals surface area (Å²) in [6, 6.07) is 3.93. The molecule has 1 aromatic rings.